The van der Waals surface area contributed by atoms with E-state index < -0.39 is 17.0 Å². The molecule has 0 amide bonds. The maximum absolute atomic E-state index is 11.2. The van der Waals surface area contributed by atoms with Crippen LogP contribution in [-0.2, 0) is 4.79 Å². The topological polar surface area (TPSA) is 60.8 Å². The molecule has 16 heavy (non-hydrogen) atoms. The van der Waals surface area contributed by atoms with E-state index in [0.29, 0.717) is 19.5 Å². The van der Waals surface area contributed by atoms with Crippen molar-refractivity contribution in [2.75, 3.05) is 19.6 Å². The van der Waals surface area contributed by atoms with Gasteiger partial charge in [0.2, 0.25) is 0 Å². The fourth-order valence-corrected chi connectivity index (χ4v) is 2.25. The zero-order chi connectivity index (χ0) is 12.4. The first-order chi connectivity index (χ1) is 7.29. The molecule has 1 heterocycles. The molecule has 0 aromatic heterocycles. The van der Waals surface area contributed by atoms with Gasteiger partial charge in [-0.3, -0.25) is 9.69 Å². The van der Waals surface area contributed by atoms with E-state index in [4.69, 9.17) is 0 Å². The van der Waals surface area contributed by atoms with Crippen LogP contribution in [0, 0.1) is 5.41 Å². The zero-order valence-corrected chi connectivity index (χ0v) is 10.5. The monoisotopic (exact) mass is 229 g/mol. The predicted molar refractivity (Wildman–Crippen MR) is 62.3 cm³/mol. The van der Waals surface area contributed by atoms with Crippen molar-refractivity contribution in [2.24, 2.45) is 5.41 Å². The molecule has 1 aliphatic heterocycles. The SMILES string of the molecule is CCC(C)(O)CN1CCCC(C)(C(=O)O)C1. The second kappa shape index (κ2) is 4.72. The predicted octanol–water partition coefficient (Wildman–Crippen LogP) is 1.33. The summed E-state index contributed by atoms with van der Waals surface area (Å²) < 4.78 is 0. The van der Waals surface area contributed by atoms with Crippen LogP contribution in [0.5, 0.6) is 0 Å². The second-order valence-electron chi connectivity index (χ2n) is 5.53. The Morgan fingerprint density at radius 3 is 2.69 bits per heavy atom. The maximum atomic E-state index is 11.2. The summed E-state index contributed by atoms with van der Waals surface area (Å²) in [7, 11) is 0. The Morgan fingerprint density at radius 2 is 2.19 bits per heavy atom. The second-order valence-corrected chi connectivity index (χ2v) is 5.53. The fraction of sp³-hybridized carbons (Fsp3) is 0.917. The Kier molecular flexibility index (Phi) is 3.97. The van der Waals surface area contributed by atoms with Crippen molar-refractivity contribution in [3.05, 3.63) is 0 Å². The first kappa shape index (κ1) is 13.5. The molecule has 2 N–H and O–H groups in total. The lowest BCUT2D eigenvalue weighted by atomic mass is 9.81. The lowest BCUT2D eigenvalue weighted by Gasteiger charge is -2.40. The Hall–Kier alpha value is -0.610. The van der Waals surface area contributed by atoms with E-state index in [-0.39, 0.29) is 0 Å². The molecule has 0 aromatic rings. The van der Waals surface area contributed by atoms with Gasteiger partial charge in [-0.1, -0.05) is 6.92 Å². The number of aliphatic carboxylic acids is 1. The Balaban J connectivity index is 2.61. The van der Waals surface area contributed by atoms with Gasteiger partial charge in [-0.15, -0.1) is 0 Å². The minimum absolute atomic E-state index is 0.540. The van der Waals surface area contributed by atoms with Crippen LogP contribution in [0.25, 0.3) is 0 Å². The molecule has 2 unspecified atom stereocenters. The van der Waals surface area contributed by atoms with Crippen molar-refractivity contribution in [1.82, 2.24) is 4.90 Å². The molecule has 4 nitrogen and oxygen atoms in total. The minimum atomic E-state index is -0.728. The highest BCUT2D eigenvalue weighted by atomic mass is 16.4. The fourth-order valence-electron chi connectivity index (χ4n) is 2.25. The summed E-state index contributed by atoms with van der Waals surface area (Å²) in [4.78, 5) is 13.2. The third kappa shape index (κ3) is 3.19. The highest BCUT2D eigenvalue weighted by Crippen LogP contribution is 2.30. The standard InChI is InChI=1S/C12H23NO3/c1-4-12(3,16)9-13-7-5-6-11(2,8-13)10(14)15/h16H,4-9H2,1-3H3,(H,14,15). The van der Waals surface area contributed by atoms with Crippen LogP contribution in [0.4, 0.5) is 0 Å². The van der Waals surface area contributed by atoms with Gasteiger partial charge in [0.05, 0.1) is 11.0 Å². The molecule has 1 saturated heterocycles. The Labute approximate surface area is 97.3 Å². The van der Waals surface area contributed by atoms with E-state index in [1.165, 1.54) is 0 Å². The van der Waals surface area contributed by atoms with E-state index in [1.54, 1.807) is 13.8 Å². The average molecular weight is 229 g/mol. The van der Waals surface area contributed by atoms with E-state index in [2.05, 4.69) is 4.90 Å². The van der Waals surface area contributed by atoms with E-state index in [0.717, 1.165) is 19.4 Å². The number of rotatable bonds is 4. The van der Waals surface area contributed by atoms with E-state index in [1.807, 2.05) is 6.92 Å². The lowest BCUT2D eigenvalue weighted by molar-refractivity contribution is -0.152. The molecule has 0 bridgehead atoms. The third-order valence-electron chi connectivity index (χ3n) is 3.62. The molecule has 0 spiro atoms. The van der Waals surface area contributed by atoms with Crippen LogP contribution < -0.4 is 0 Å². The van der Waals surface area contributed by atoms with Crippen molar-refractivity contribution >= 4 is 5.97 Å². The summed E-state index contributed by atoms with van der Waals surface area (Å²) >= 11 is 0. The molecule has 94 valence electrons. The maximum Gasteiger partial charge on any atom is 0.310 e. The summed E-state index contributed by atoms with van der Waals surface area (Å²) in [5.74, 6) is -0.728. The van der Waals surface area contributed by atoms with Gasteiger partial charge in [0.15, 0.2) is 0 Å². The summed E-state index contributed by atoms with van der Waals surface area (Å²) in [5, 5.41) is 19.2. The van der Waals surface area contributed by atoms with Crippen LogP contribution in [0.15, 0.2) is 0 Å². The number of β-amino-alcohol motifs (C(OH)–C–C–N with tert-alkyl or cyclic N) is 1. The molecule has 0 aliphatic carbocycles. The first-order valence-corrected chi connectivity index (χ1v) is 5.97. The van der Waals surface area contributed by atoms with Crippen molar-refractivity contribution in [3.63, 3.8) is 0 Å². The molecular formula is C12H23NO3. The minimum Gasteiger partial charge on any atom is -0.481 e. The average Bonchev–Trinajstić information content (AvgIpc) is 2.17. The summed E-state index contributed by atoms with van der Waals surface area (Å²) in [6.45, 7) is 7.53. The van der Waals surface area contributed by atoms with E-state index >= 15 is 0 Å². The quantitative estimate of drug-likeness (QED) is 0.763. The number of aliphatic hydroxyl groups is 1. The van der Waals surface area contributed by atoms with Gasteiger partial charge in [0.25, 0.3) is 0 Å². The number of carboxylic acids is 1. The molecule has 4 heteroatoms. The Morgan fingerprint density at radius 1 is 1.56 bits per heavy atom. The number of hydrogen-bond donors (Lipinski definition) is 2. The summed E-state index contributed by atoms with van der Waals surface area (Å²) in [6.07, 6.45) is 2.31. The van der Waals surface area contributed by atoms with Gasteiger partial charge < -0.3 is 10.2 Å². The van der Waals surface area contributed by atoms with Crippen LogP contribution in [-0.4, -0.2) is 46.3 Å². The van der Waals surface area contributed by atoms with Crippen molar-refractivity contribution in [1.29, 1.82) is 0 Å². The molecule has 1 rings (SSSR count). The van der Waals surface area contributed by atoms with Crippen molar-refractivity contribution < 1.29 is 15.0 Å². The molecule has 1 fully saturated rings. The summed E-state index contributed by atoms with van der Waals surface area (Å²) in [6, 6.07) is 0. The number of piperidine rings is 1. The van der Waals surface area contributed by atoms with Crippen molar-refractivity contribution in [3.8, 4) is 0 Å². The Bertz CT molecular complexity index is 265. The number of hydrogen-bond acceptors (Lipinski definition) is 3. The van der Waals surface area contributed by atoms with Gasteiger partial charge in [-0.25, -0.2) is 0 Å². The van der Waals surface area contributed by atoms with Crippen LogP contribution >= 0.6 is 0 Å². The van der Waals surface area contributed by atoms with E-state index in [9.17, 15) is 15.0 Å². The molecule has 0 aromatic carbocycles. The van der Waals surface area contributed by atoms with Gasteiger partial charge in [0, 0.05) is 13.1 Å². The largest absolute Gasteiger partial charge is 0.481 e. The van der Waals surface area contributed by atoms with Crippen LogP contribution in [0.3, 0.4) is 0 Å². The van der Waals surface area contributed by atoms with Gasteiger partial charge in [-0.2, -0.15) is 0 Å². The third-order valence-corrected chi connectivity index (χ3v) is 3.62. The van der Waals surface area contributed by atoms with Crippen molar-refractivity contribution in [2.45, 2.75) is 45.6 Å². The zero-order valence-electron chi connectivity index (χ0n) is 10.5. The number of carboxylic acid groups (broad SMARTS) is 1. The van der Waals surface area contributed by atoms with Gasteiger partial charge in [0.1, 0.15) is 0 Å². The highest BCUT2D eigenvalue weighted by molar-refractivity contribution is 5.74. The molecule has 0 radical (unpaired) electrons. The molecule has 1 aliphatic rings. The van der Waals surface area contributed by atoms with Crippen LogP contribution in [0.1, 0.15) is 40.0 Å². The van der Waals surface area contributed by atoms with Gasteiger partial charge in [-0.05, 0) is 39.7 Å². The molecular weight excluding hydrogens is 206 g/mol. The van der Waals surface area contributed by atoms with Crippen LogP contribution in [0.2, 0.25) is 0 Å². The molecule has 0 saturated carbocycles. The first-order valence-electron chi connectivity index (χ1n) is 5.97. The molecule has 2 atom stereocenters. The number of nitrogens with zero attached hydrogens (tertiary/aromatic N) is 1. The van der Waals surface area contributed by atoms with Gasteiger partial charge >= 0.3 is 5.97 Å². The summed E-state index contributed by atoms with van der Waals surface area (Å²) in [5.41, 5.74) is -1.36. The normalized spacial score (nSPS) is 31.0. The lowest BCUT2D eigenvalue weighted by Crippen LogP contribution is -2.50. The number of likely N-dealkylation sites (tertiary alicyclic amines) is 1. The highest BCUT2D eigenvalue weighted by Gasteiger charge is 2.39. The smallest absolute Gasteiger partial charge is 0.310 e. The number of carbonyl (C=O) groups is 1.